The summed E-state index contributed by atoms with van der Waals surface area (Å²) >= 11 is 0. The zero-order valence-electron chi connectivity index (χ0n) is 14.4. The van der Waals surface area contributed by atoms with Gasteiger partial charge in [0.15, 0.2) is 5.65 Å². The molecular weight excluding hydrogens is 364 g/mol. The molecule has 0 saturated carbocycles. The van der Waals surface area contributed by atoms with Gasteiger partial charge in [-0.15, -0.1) is 0 Å². The first-order valence-corrected chi connectivity index (χ1v) is 8.18. The monoisotopic (exact) mass is 377 g/mol. The van der Waals surface area contributed by atoms with Crippen molar-refractivity contribution >= 4 is 22.8 Å². The van der Waals surface area contributed by atoms with Crippen LogP contribution in [0.3, 0.4) is 0 Å². The molecule has 0 unspecified atom stereocenters. The lowest BCUT2D eigenvalue weighted by Crippen LogP contribution is -2.07. The van der Waals surface area contributed by atoms with E-state index in [1.807, 2.05) is 0 Å². The molecule has 9 heteroatoms. The molecule has 28 heavy (non-hydrogen) atoms. The van der Waals surface area contributed by atoms with E-state index in [1.165, 1.54) is 10.9 Å². The maximum atomic E-state index is 14.2. The average molecular weight is 377 g/mol. The minimum absolute atomic E-state index is 0.000435. The molecule has 2 aromatic carbocycles. The van der Waals surface area contributed by atoms with E-state index in [1.54, 1.807) is 24.3 Å². The first kappa shape index (κ1) is 17.4. The van der Waals surface area contributed by atoms with Crippen molar-refractivity contribution in [3.63, 3.8) is 0 Å². The van der Waals surface area contributed by atoms with Crippen molar-refractivity contribution in [2.24, 2.45) is 0 Å². The summed E-state index contributed by atoms with van der Waals surface area (Å²) < 4.78 is 29.8. The molecule has 0 aliphatic heterocycles. The first-order chi connectivity index (χ1) is 13.5. The number of halogens is 2. The Balaban J connectivity index is 1.85. The molecule has 2 aromatic heterocycles. The van der Waals surface area contributed by atoms with Gasteiger partial charge < -0.3 is 16.0 Å². The highest BCUT2D eigenvalue weighted by Gasteiger charge is 2.17. The molecule has 0 spiro atoms. The van der Waals surface area contributed by atoms with E-state index in [0.29, 0.717) is 28.0 Å². The largest absolute Gasteiger partial charge is 0.399 e. The lowest BCUT2D eigenvalue weighted by atomic mass is 10.1. The van der Waals surface area contributed by atoms with E-state index in [4.69, 9.17) is 16.7 Å². The van der Waals surface area contributed by atoms with Crippen LogP contribution in [0.4, 0.5) is 20.4 Å². The van der Waals surface area contributed by atoms with Crippen molar-refractivity contribution < 1.29 is 8.78 Å². The zero-order valence-corrected chi connectivity index (χ0v) is 14.4. The molecule has 4 aromatic rings. The Bertz CT molecular complexity index is 1230. The van der Waals surface area contributed by atoms with E-state index in [9.17, 15) is 8.78 Å². The Morgan fingerprint density at radius 2 is 1.82 bits per heavy atom. The van der Waals surface area contributed by atoms with Gasteiger partial charge in [0.2, 0.25) is 5.95 Å². The fourth-order valence-electron chi connectivity index (χ4n) is 2.96. The molecule has 0 atom stereocenters. The fraction of sp³-hybridized carbons (Fsp3) is 0.0526. The van der Waals surface area contributed by atoms with Crippen LogP contribution in [-0.2, 0) is 6.54 Å². The number of hydrogen-bond donors (Lipinski definition) is 2. The third kappa shape index (κ3) is 2.97. The lowest BCUT2D eigenvalue weighted by molar-refractivity contribution is 0.547. The Labute approximate surface area is 157 Å². The summed E-state index contributed by atoms with van der Waals surface area (Å²) in [5, 5.41) is 9.11. The highest BCUT2D eigenvalue weighted by atomic mass is 19.1. The van der Waals surface area contributed by atoms with Crippen LogP contribution < -0.4 is 11.5 Å². The second kappa shape index (κ2) is 6.59. The Morgan fingerprint density at radius 3 is 2.54 bits per heavy atom. The molecule has 4 rings (SSSR count). The van der Waals surface area contributed by atoms with Crippen molar-refractivity contribution in [1.82, 2.24) is 19.5 Å². The average Bonchev–Trinajstić information content (AvgIpc) is 3.06. The van der Waals surface area contributed by atoms with Gasteiger partial charge in [-0.2, -0.15) is 10.2 Å². The number of imidazole rings is 1. The molecule has 0 aliphatic rings. The lowest BCUT2D eigenvalue weighted by Gasteiger charge is -2.09. The Kier molecular flexibility index (Phi) is 4.08. The summed E-state index contributed by atoms with van der Waals surface area (Å²) in [6.45, 7) is -0.150. The Hall–Kier alpha value is -4.06. The number of hydrogen-bond acceptors (Lipinski definition) is 6. The number of fused-ring (bicyclic) bond motifs is 1. The molecule has 0 fully saturated rings. The number of nitrogens with zero attached hydrogens (tertiary/aromatic N) is 5. The molecule has 7 nitrogen and oxygen atoms in total. The van der Waals surface area contributed by atoms with Crippen molar-refractivity contribution in [2.45, 2.75) is 6.54 Å². The molecule has 0 saturated heterocycles. The van der Waals surface area contributed by atoms with Crippen molar-refractivity contribution in [1.29, 1.82) is 5.26 Å². The minimum Gasteiger partial charge on any atom is -0.399 e. The van der Waals surface area contributed by atoms with Gasteiger partial charge in [0, 0.05) is 16.8 Å². The van der Waals surface area contributed by atoms with Crippen LogP contribution in [0.25, 0.3) is 22.4 Å². The molecule has 138 valence electrons. The van der Waals surface area contributed by atoms with E-state index in [2.05, 4.69) is 21.0 Å². The topological polar surface area (TPSA) is 119 Å². The van der Waals surface area contributed by atoms with Crippen molar-refractivity contribution in [2.75, 3.05) is 11.5 Å². The van der Waals surface area contributed by atoms with Crippen LogP contribution in [0, 0.1) is 23.0 Å². The standard InChI is InChI=1S/C19H13F2N7/c20-14-5-12(23)6-15(21)13(14)8-28-9-25-17-16(26-19(24)27-18(17)28)11-3-1-2-10(4-11)7-22/h1-6,9H,8,23H2,(H2,24,26,27). The van der Waals surface area contributed by atoms with Gasteiger partial charge in [0.25, 0.3) is 0 Å². The molecule has 4 N–H and O–H groups in total. The van der Waals surface area contributed by atoms with Crippen LogP contribution in [0.1, 0.15) is 11.1 Å². The number of rotatable bonds is 3. The van der Waals surface area contributed by atoms with Crippen LogP contribution >= 0.6 is 0 Å². The van der Waals surface area contributed by atoms with Gasteiger partial charge in [0.1, 0.15) is 22.8 Å². The maximum Gasteiger partial charge on any atom is 0.222 e. The summed E-state index contributed by atoms with van der Waals surface area (Å²) in [5.41, 5.74) is 13.4. The number of anilines is 2. The number of nitrogens with two attached hydrogens (primary N) is 2. The zero-order chi connectivity index (χ0) is 19.8. The third-order valence-corrected chi connectivity index (χ3v) is 4.24. The smallest absolute Gasteiger partial charge is 0.222 e. The van der Waals surface area contributed by atoms with Gasteiger partial charge in [-0.05, 0) is 24.3 Å². The minimum atomic E-state index is -0.761. The first-order valence-electron chi connectivity index (χ1n) is 8.18. The SMILES string of the molecule is N#Cc1cccc(-c2nc(N)nc3c2ncn3Cc2c(F)cc(N)cc2F)c1. The highest BCUT2D eigenvalue weighted by Crippen LogP contribution is 2.27. The van der Waals surface area contributed by atoms with Crippen LogP contribution in [0.5, 0.6) is 0 Å². The van der Waals surface area contributed by atoms with Crippen LogP contribution in [-0.4, -0.2) is 19.5 Å². The normalized spacial score (nSPS) is 10.9. The predicted octanol–water partition coefficient (Wildman–Crippen LogP) is 2.86. The summed E-state index contributed by atoms with van der Waals surface area (Å²) in [7, 11) is 0. The van der Waals surface area contributed by atoms with E-state index < -0.39 is 11.6 Å². The Morgan fingerprint density at radius 1 is 1.07 bits per heavy atom. The summed E-state index contributed by atoms with van der Waals surface area (Å²) in [6, 6.07) is 11.0. The van der Waals surface area contributed by atoms with E-state index >= 15 is 0 Å². The number of nitrogen functional groups attached to an aromatic ring is 2. The summed E-state index contributed by atoms with van der Waals surface area (Å²) in [5.74, 6) is -1.54. The number of nitriles is 1. The molecule has 0 bridgehead atoms. The van der Waals surface area contributed by atoms with Gasteiger partial charge in [-0.25, -0.2) is 18.7 Å². The molecule has 2 heterocycles. The second-order valence-electron chi connectivity index (χ2n) is 6.13. The van der Waals surface area contributed by atoms with Gasteiger partial charge in [-0.1, -0.05) is 12.1 Å². The van der Waals surface area contributed by atoms with Crippen molar-refractivity contribution in [3.8, 4) is 17.3 Å². The fourth-order valence-corrected chi connectivity index (χ4v) is 2.96. The number of benzene rings is 2. The summed E-state index contributed by atoms with van der Waals surface area (Å²) in [4.78, 5) is 12.7. The molecule has 0 amide bonds. The second-order valence-corrected chi connectivity index (χ2v) is 6.13. The predicted molar refractivity (Wildman–Crippen MR) is 99.8 cm³/mol. The third-order valence-electron chi connectivity index (χ3n) is 4.24. The summed E-state index contributed by atoms with van der Waals surface area (Å²) in [6.07, 6.45) is 1.41. The van der Waals surface area contributed by atoms with Gasteiger partial charge >= 0.3 is 0 Å². The van der Waals surface area contributed by atoms with Crippen LogP contribution in [0.15, 0.2) is 42.7 Å². The molecular formula is C19H13F2N7. The number of aromatic nitrogens is 4. The quantitative estimate of drug-likeness (QED) is 0.530. The van der Waals surface area contributed by atoms with Crippen molar-refractivity contribution in [3.05, 3.63) is 65.5 Å². The molecule has 0 aliphatic carbocycles. The van der Waals surface area contributed by atoms with Gasteiger partial charge in [0.05, 0.1) is 24.5 Å². The van der Waals surface area contributed by atoms with E-state index in [-0.39, 0.29) is 23.7 Å². The van der Waals surface area contributed by atoms with E-state index in [0.717, 1.165) is 12.1 Å². The van der Waals surface area contributed by atoms with Gasteiger partial charge in [-0.3, -0.25) is 0 Å². The van der Waals surface area contributed by atoms with Crippen LogP contribution in [0.2, 0.25) is 0 Å². The maximum absolute atomic E-state index is 14.2. The highest BCUT2D eigenvalue weighted by molar-refractivity contribution is 5.88. The molecule has 0 radical (unpaired) electrons.